The molecule has 5 rings (SSSR count). The highest BCUT2D eigenvalue weighted by atomic mass is 19.1. The Morgan fingerprint density at radius 1 is 1.11 bits per heavy atom. The molecule has 1 aliphatic rings. The molecule has 2 amide bonds. The minimum atomic E-state index is -0.462. The molecule has 1 N–H and O–H groups in total. The summed E-state index contributed by atoms with van der Waals surface area (Å²) in [5.74, 6) is 1.07. The van der Waals surface area contributed by atoms with Crippen molar-refractivity contribution in [3.05, 3.63) is 101 Å². The first-order valence-corrected chi connectivity index (χ1v) is 12.6. The Labute approximate surface area is 211 Å². The molecule has 0 fully saturated rings. The van der Waals surface area contributed by atoms with Crippen LogP contribution < -0.4 is 5.32 Å². The lowest BCUT2D eigenvalue weighted by atomic mass is 10.0. The van der Waals surface area contributed by atoms with Gasteiger partial charge < -0.3 is 14.8 Å². The van der Waals surface area contributed by atoms with E-state index < -0.39 is 6.04 Å². The maximum atomic E-state index is 14.4. The quantitative estimate of drug-likeness (QED) is 0.363. The van der Waals surface area contributed by atoms with Crippen molar-refractivity contribution in [3.8, 4) is 11.5 Å². The highest BCUT2D eigenvalue weighted by Crippen LogP contribution is 2.38. The molecule has 36 heavy (non-hydrogen) atoms. The molecule has 6 nitrogen and oxygen atoms in total. The predicted octanol–water partition coefficient (Wildman–Crippen LogP) is 6.03. The van der Waals surface area contributed by atoms with Crippen LogP contribution in [-0.2, 0) is 13.0 Å². The number of benzene rings is 2. The molecule has 0 saturated heterocycles. The molecule has 7 heteroatoms. The summed E-state index contributed by atoms with van der Waals surface area (Å²) >= 11 is 0. The number of aryl methyl sites for hydroxylation is 1. The van der Waals surface area contributed by atoms with Gasteiger partial charge in [0.1, 0.15) is 11.6 Å². The van der Waals surface area contributed by atoms with Crippen LogP contribution in [0.25, 0.3) is 11.5 Å². The first-order chi connectivity index (χ1) is 17.5. The number of aromatic nitrogens is 3. The van der Waals surface area contributed by atoms with Gasteiger partial charge in [-0.15, -0.1) is 0 Å². The predicted molar refractivity (Wildman–Crippen MR) is 139 cm³/mol. The summed E-state index contributed by atoms with van der Waals surface area (Å²) < 4.78 is 18.5. The molecule has 0 aliphatic carbocycles. The van der Waals surface area contributed by atoms with Gasteiger partial charge in [0.2, 0.25) is 0 Å². The standard InChI is InChI=1S/C29H32FN5O/c1-4-25-24-19-34(29(36)31-16-15-20(2)3)27(21-10-8-11-22(30)18-21)26-14-9-17-33(26)28(24)35(32-25)23-12-6-5-7-13-23/h5-14,17-18,20,27H,4,15-16,19H2,1-3H3,(H,31,36). The zero-order valence-electron chi connectivity index (χ0n) is 21.0. The number of hydrogen-bond acceptors (Lipinski definition) is 2. The number of fused-ring (bicyclic) bond motifs is 3. The van der Waals surface area contributed by atoms with Crippen LogP contribution in [0.4, 0.5) is 9.18 Å². The molecule has 4 aromatic rings. The molecule has 0 radical (unpaired) electrons. The smallest absolute Gasteiger partial charge is 0.318 e. The Hall–Kier alpha value is -3.87. The fraction of sp³-hybridized carbons (Fsp3) is 0.310. The van der Waals surface area contributed by atoms with E-state index in [2.05, 4.69) is 30.7 Å². The largest absolute Gasteiger partial charge is 0.338 e. The molecule has 2 aromatic heterocycles. The van der Waals surface area contributed by atoms with E-state index in [1.54, 1.807) is 6.07 Å². The van der Waals surface area contributed by atoms with Crippen LogP contribution in [0.2, 0.25) is 0 Å². The Morgan fingerprint density at radius 3 is 2.64 bits per heavy atom. The summed E-state index contributed by atoms with van der Waals surface area (Å²) in [6, 6.07) is 19.9. The van der Waals surface area contributed by atoms with Gasteiger partial charge in [0.25, 0.3) is 0 Å². The normalized spacial score (nSPS) is 14.9. The van der Waals surface area contributed by atoms with Gasteiger partial charge in [-0.25, -0.2) is 13.9 Å². The zero-order chi connectivity index (χ0) is 25.2. The molecule has 0 bridgehead atoms. The topological polar surface area (TPSA) is 55.1 Å². The summed E-state index contributed by atoms with van der Waals surface area (Å²) in [5, 5.41) is 8.08. The number of carbonyl (C=O) groups excluding carboxylic acids is 1. The minimum absolute atomic E-state index is 0.167. The van der Waals surface area contributed by atoms with E-state index >= 15 is 0 Å². The van der Waals surface area contributed by atoms with Crippen molar-refractivity contribution in [1.29, 1.82) is 0 Å². The summed E-state index contributed by atoms with van der Waals surface area (Å²) in [7, 11) is 0. The van der Waals surface area contributed by atoms with Crippen molar-refractivity contribution in [3.63, 3.8) is 0 Å². The summed E-state index contributed by atoms with van der Waals surface area (Å²) in [6.07, 6.45) is 3.62. The van der Waals surface area contributed by atoms with E-state index in [0.29, 0.717) is 19.0 Å². The van der Waals surface area contributed by atoms with Crippen molar-refractivity contribution in [2.45, 2.75) is 46.2 Å². The fourth-order valence-electron chi connectivity index (χ4n) is 4.94. The molecule has 1 unspecified atom stereocenters. The van der Waals surface area contributed by atoms with Crippen LogP contribution in [-0.4, -0.2) is 31.8 Å². The van der Waals surface area contributed by atoms with Gasteiger partial charge in [-0.2, -0.15) is 5.10 Å². The van der Waals surface area contributed by atoms with Crippen molar-refractivity contribution in [2.24, 2.45) is 5.92 Å². The van der Waals surface area contributed by atoms with E-state index in [9.17, 15) is 9.18 Å². The lowest BCUT2D eigenvalue weighted by Gasteiger charge is -2.31. The zero-order valence-corrected chi connectivity index (χ0v) is 21.0. The van der Waals surface area contributed by atoms with Gasteiger partial charge >= 0.3 is 6.03 Å². The highest BCUT2D eigenvalue weighted by molar-refractivity contribution is 5.76. The maximum absolute atomic E-state index is 14.4. The van der Waals surface area contributed by atoms with E-state index in [1.807, 2.05) is 64.3 Å². The second kappa shape index (κ2) is 10.0. The Morgan fingerprint density at radius 2 is 1.92 bits per heavy atom. The number of carbonyl (C=O) groups is 1. The highest BCUT2D eigenvalue weighted by Gasteiger charge is 2.36. The SMILES string of the molecule is CCc1nn(-c2ccccc2)c2c1CN(C(=O)NCCC(C)C)C(c1cccc(F)c1)c1cccn1-2. The maximum Gasteiger partial charge on any atom is 0.318 e. The van der Waals surface area contributed by atoms with Crippen molar-refractivity contribution in [1.82, 2.24) is 24.6 Å². The van der Waals surface area contributed by atoms with E-state index in [-0.39, 0.29) is 11.8 Å². The third kappa shape index (κ3) is 4.41. The first kappa shape index (κ1) is 23.9. The van der Waals surface area contributed by atoms with Crippen LogP contribution in [0.15, 0.2) is 72.9 Å². The molecular weight excluding hydrogens is 453 g/mol. The molecule has 3 heterocycles. The van der Waals surface area contributed by atoms with Gasteiger partial charge in [-0.05, 0) is 60.7 Å². The van der Waals surface area contributed by atoms with Gasteiger partial charge in [0.15, 0.2) is 0 Å². The lowest BCUT2D eigenvalue weighted by molar-refractivity contribution is 0.180. The van der Waals surface area contributed by atoms with Crippen molar-refractivity contribution >= 4 is 6.03 Å². The Bertz CT molecular complexity index is 1360. The number of rotatable bonds is 6. The second-order valence-electron chi connectivity index (χ2n) is 9.65. The molecule has 186 valence electrons. The average Bonchev–Trinajstić information content (AvgIpc) is 3.45. The first-order valence-electron chi connectivity index (χ1n) is 12.6. The number of urea groups is 1. The molecule has 0 spiro atoms. The van der Waals surface area contributed by atoms with Crippen LogP contribution >= 0.6 is 0 Å². The molecule has 1 atom stereocenters. The van der Waals surface area contributed by atoms with Gasteiger partial charge in [-0.3, -0.25) is 0 Å². The monoisotopic (exact) mass is 485 g/mol. The number of hydrogen-bond donors (Lipinski definition) is 1. The van der Waals surface area contributed by atoms with Crippen LogP contribution in [0.3, 0.4) is 0 Å². The van der Waals surface area contributed by atoms with Crippen molar-refractivity contribution < 1.29 is 9.18 Å². The Kier molecular flexibility index (Phi) is 6.63. The number of halogens is 1. The van der Waals surface area contributed by atoms with Gasteiger partial charge in [-0.1, -0.05) is 51.1 Å². The van der Waals surface area contributed by atoms with Gasteiger partial charge in [0.05, 0.1) is 29.7 Å². The average molecular weight is 486 g/mol. The number of para-hydroxylation sites is 1. The summed E-state index contributed by atoms with van der Waals surface area (Å²) in [5.41, 5.74) is 4.50. The number of nitrogens with zero attached hydrogens (tertiary/aromatic N) is 4. The number of amides is 2. The molecule has 1 aliphatic heterocycles. The molecule has 2 aromatic carbocycles. The third-order valence-corrected chi connectivity index (χ3v) is 6.73. The van der Waals surface area contributed by atoms with Gasteiger partial charge in [0, 0.05) is 18.3 Å². The summed E-state index contributed by atoms with van der Waals surface area (Å²) in [6.45, 7) is 7.30. The Balaban J connectivity index is 1.69. The van der Waals surface area contributed by atoms with Crippen LogP contribution in [0, 0.1) is 11.7 Å². The fourth-order valence-corrected chi connectivity index (χ4v) is 4.94. The molecular formula is C29H32FN5O. The second-order valence-corrected chi connectivity index (χ2v) is 9.65. The van der Waals surface area contributed by atoms with E-state index in [1.165, 1.54) is 12.1 Å². The van der Waals surface area contributed by atoms with Crippen LogP contribution in [0.5, 0.6) is 0 Å². The third-order valence-electron chi connectivity index (χ3n) is 6.73. The van der Waals surface area contributed by atoms with E-state index in [4.69, 9.17) is 5.10 Å². The van der Waals surface area contributed by atoms with Crippen molar-refractivity contribution in [2.75, 3.05) is 6.54 Å². The lowest BCUT2D eigenvalue weighted by Crippen LogP contribution is -2.42. The van der Waals surface area contributed by atoms with Crippen LogP contribution in [0.1, 0.15) is 55.7 Å². The van der Waals surface area contributed by atoms with E-state index in [0.717, 1.165) is 46.9 Å². The summed E-state index contributed by atoms with van der Waals surface area (Å²) in [4.78, 5) is 15.5. The minimum Gasteiger partial charge on any atom is -0.338 e. The number of nitrogens with one attached hydrogen (secondary N) is 1. The molecule has 0 saturated carbocycles.